The normalized spacial score (nSPS) is 10.4. The predicted octanol–water partition coefficient (Wildman–Crippen LogP) is 5.76. The van der Waals surface area contributed by atoms with Gasteiger partial charge in [-0.3, -0.25) is 4.79 Å². The summed E-state index contributed by atoms with van der Waals surface area (Å²) in [4.78, 5) is 22.8. The highest BCUT2D eigenvalue weighted by molar-refractivity contribution is 7.14. The summed E-state index contributed by atoms with van der Waals surface area (Å²) in [5.74, 6) is 1.57. The Morgan fingerprint density at radius 2 is 1.48 bits per heavy atom. The number of aromatic carboxylic acids is 1. The lowest BCUT2D eigenvalue weighted by molar-refractivity contribution is 0.0698. The molecule has 6 nitrogen and oxygen atoms in total. The molecule has 0 aliphatic heterocycles. The number of hydrogen-bond acceptors (Lipinski definition) is 6. The van der Waals surface area contributed by atoms with Crippen molar-refractivity contribution in [2.75, 3.05) is 23.7 Å². The maximum Gasteiger partial charge on any atom is 0.338 e. The van der Waals surface area contributed by atoms with Gasteiger partial charge in [0, 0.05) is 13.1 Å². The first-order valence-corrected chi connectivity index (χ1v) is 12.2. The number of nitrogens with one attached hydrogen (secondary N) is 3. The third-order valence-electron chi connectivity index (χ3n) is 4.22. The van der Waals surface area contributed by atoms with Crippen LogP contribution in [0.5, 0.6) is 0 Å². The zero-order valence-corrected chi connectivity index (χ0v) is 20.3. The van der Waals surface area contributed by atoms with Crippen LogP contribution < -0.4 is 16.0 Å². The topological polar surface area (TPSA) is 90.5 Å². The van der Waals surface area contributed by atoms with Crippen molar-refractivity contribution in [1.29, 1.82) is 0 Å². The molecule has 4 N–H and O–H groups in total. The molecule has 2 aromatic rings. The molecule has 0 atom stereocenters. The van der Waals surface area contributed by atoms with Gasteiger partial charge in [-0.1, -0.05) is 32.6 Å². The molecular weight excluding hydrogens is 430 g/mol. The van der Waals surface area contributed by atoms with Gasteiger partial charge >= 0.3 is 5.97 Å². The van der Waals surface area contributed by atoms with Crippen LogP contribution in [0.3, 0.4) is 0 Å². The first-order valence-electron chi connectivity index (χ1n) is 10.4. The number of thiophene rings is 2. The molecule has 0 aliphatic rings. The Bertz CT molecular complexity index is 866. The van der Waals surface area contributed by atoms with E-state index in [-0.39, 0.29) is 5.91 Å². The van der Waals surface area contributed by atoms with E-state index in [9.17, 15) is 9.59 Å². The summed E-state index contributed by atoms with van der Waals surface area (Å²) in [5, 5.41) is 23.4. The number of carbonyl (C=O) groups excluding carboxylic acids is 1. The van der Waals surface area contributed by atoms with E-state index in [4.69, 9.17) is 11.5 Å². The lowest BCUT2D eigenvalue weighted by Crippen LogP contribution is -2.42. The Kier molecular flexibility index (Phi) is 11.8. The lowest BCUT2D eigenvalue weighted by atomic mass is 10.1. The monoisotopic (exact) mass is 463 g/mol. The average Bonchev–Trinajstić information content (AvgIpc) is 3.38. The molecular formula is C23H33N3O3S2. The maximum atomic E-state index is 12.1. The molecule has 170 valence electrons. The number of carboxylic acid groups (broad SMARTS) is 1. The van der Waals surface area contributed by atoms with E-state index in [1.54, 1.807) is 25.3 Å². The van der Waals surface area contributed by atoms with Gasteiger partial charge in [0.25, 0.3) is 5.91 Å². The molecule has 0 fully saturated rings. The molecule has 0 spiro atoms. The van der Waals surface area contributed by atoms with Crippen molar-refractivity contribution >= 4 is 44.6 Å². The van der Waals surface area contributed by atoms with Crippen LogP contribution in [0.4, 0.5) is 10.0 Å². The molecule has 1 amide bonds. The number of unbranched alkanes of at least 4 members (excludes halogenated alkanes) is 2. The van der Waals surface area contributed by atoms with Crippen LogP contribution in [-0.4, -0.2) is 35.6 Å². The van der Waals surface area contributed by atoms with Gasteiger partial charge < -0.3 is 21.1 Å². The highest BCUT2D eigenvalue weighted by Gasteiger charge is 2.20. The Hall–Kier alpha value is -2.50. The first-order chi connectivity index (χ1) is 14.8. The number of amides is 1. The molecule has 2 aromatic heterocycles. The quantitative estimate of drug-likeness (QED) is 0.251. The van der Waals surface area contributed by atoms with E-state index in [2.05, 4.69) is 35.7 Å². The van der Waals surface area contributed by atoms with Gasteiger partial charge in [-0.05, 0) is 49.6 Å². The van der Waals surface area contributed by atoms with Gasteiger partial charge in [0.05, 0.1) is 16.7 Å². The van der Waals surface area contributed by atoms with Crippen LogP contribution in [0.25, 0.3) is 0 Å². The number of hydrogen-bond donors (Lipinski definition) is 4. The van der Waals surface area contributed by atoms with Crippen LogP contribution in [0.2, 0.25) is 0 Å². The Morgan fingerprint density at radius 1 is 1.00 bits per heavy atom. The summed E-state index contributed by atoms with van der Waals surface area (Å²) >= 11 is 2.97. The standard InChI is InChI=1S/C14H20N2OS.C9H13NO2S/c1-5-7-9-15-13-11(8-10-18-13)12(17)16-14(3,4)6-2;1-2-3-5-10-8-7(9(11)12)4-6-13-8/h2,8,10,15H,5,7,9H2,1,3-4H3,(H,16,17);4,6,10H,2-3,5H2,1H3,(H,11,12). The second-order valence-electron chi connectivity index (χ2n) is 7.42. The number of carbonyl (C=O) groups is 2. The van der Waals surface area contributed by atoms with Gasteiger partial charge in [-0.15, -0.1) is 29.1 Å². The third-order valence-corrected chi connectivity index (χ3v) is 5.97. The van der Waals surface area contributed by atoms with Crippen molar-refractivity contribution in [1.82, 2.24) is 5.32 Å². The third kappa shape index (κ3) is 9.45. The number of carboxylic acids is 1. The highest BCUT2D eigenvalue weighted by Crippen LogP contribution is 2.24. The van der Waals surface area contributed by atoms with E-state index in [0.717, 1.165) is 48.8 Å². The lowest BCUT2D eigenvalue weighted by Gasteiger charge is -2.19. The first kappa shape index (κ1) is 26.5. The van der Waals surface area contributed by atoms with Crippen LogP contribution in [0.15, 0.2) is 22.9 Å². The SMILES string of the molecule is C#CC(C)(C)NC(=O)c1ccsc1NCCCC.CCCCNc1sccc1C(=O)O. The molecule has 2 rings (SSSR count). The Balaban J connectivity index is 0.000000327. The second-order valence-corrected chi connectivity index (χ2v) is 9.25. The minimum atomic E-state index is -0.861. The molecule has 8 heteroatoms. The number of rotatable bonds is 11. The Morgan fingerprint density at radius 3 is 1.94 bits per heavy atom. The summed E-state index contributed by atoms with van der Waals surface area (Å²) < 4.78 is 0. The average molecular weight is 464 g/mol. The number of anilines is 2. The van der Waals surface area contributed by atoms with Gasteiger partial charge in [-0.25, -0.2) is 4.79 Å². The van der Waals surface area contributed by atoms with Crippen molar-refractivity contribution in [3.05, 3.63) is 34.0 Å². The van der Waals surface area contributed by atoms with E-state index in [1.807, 2.05) is 11.4 Å². The molecule has 0 aliphatic carbocycles. The minimum absolute atomic E-state index is 0.127. The zero-order chi connectivity index (χ0) is 23.3. The predicted molar refractivity (Wildman–Crippen MR) is 133 cm³/mol. The van der Waals surface area contributed by atoms with E-state index in [0.29, 0.717) is 11.1 Å². The smallest absolute Gasteiger partial charge is 0.338 e. The van der Waals surface area contributed by atoms with Gasteiger partial charge in [-0.2, -0.15) is 0 Å². The van der Waals surface area contributed by atoms with E-state index >= 15 is 0 Å². The second kappa shape index (κ2) is 13.7. The maximum absolute atomic E-state index is 12.1. The fourth-order valence-electron chi connectivity index (χ4n) is 2.38. The summed E-state index contributed by atoms with van der Waals surface area (Å²) in [6, 6.07) is 3.45. The zero-order valence-electron chi connectivity index (χ0n) is 18.7. The fraction of sp³-hybridized carbons (Fsp3) is 0.478. The number of terminal acetylenes is 1. The van der Waals surface area contributed by atoms with Crippen LogP contribution in [0, 0.1) is 12.3 Å². The summed E-state index contributed by atoms with van der Waals surface area (Å²) in [7, 11) is 0. The molecule has 0 aromatic carbocycles. The summed E-state index contributed by atoms with van der Waals surface area (Å²) in [6.45, 7) is 9.59. The van der Waals surface area contributed by atoms with Crippen molar-refractivity contribution in [3.8, 4) is 12.3 Å². The molecule has 2 heterocycles. The van der Waals surface area contributed by atoms with Crippen molar-refractivity contribution < 1.29 is 14.7 Å². The molecule has 0 radical (unpaired) electrons. The van der Waals surface area contributed by atoms with Crippen molar-refractivity contribution in [2.24, 2.45) is 0 Å². The largest absolute Gasteiger partial charge is 0.478 e. The van der Waals surface area contributed by atoms with Crippen LogP contribution in [0.1, 0.15) is 74.1 Å². The summed E-state index contributed by atoms with van der Waals surface area (Å²) in [6.07, 6.45) is 9.77. The van der Waals surface area contributed by atoms with Crippen molar-refractivity contribution in [3.63, 3.8) is 0 Å². The Labute approximate surface area is 193 Å². The minimum Gasteiger partial charge on any atom is -0.478 e. The molecule has 0 saturated heterocycles. The van der Waals surface area contributed by atoms with Gasteiger partial charge in [0.2, 0.25) is 0 Å². The van der Waals surface area contributed by atoms with E-state index < -0.39 is 11.5 Å². The fourth-order valence-corrected chi connectivity index (χ4v) is 4.01. The van der Waals surface area contributed by atoms with Crippen LogP contribution in [-0.2, 0) is 0 Å². The highest BCUT2D eigenvalue weighted by atomic mass is 32.1. The van der Waals surface area contributed by atoms with Gasteiger partial charge in [0.1, 0.15) is 10.0 Å². The van der Waals surface area contributed by atoms with Crippen molar-refractivity contribution in [2.45, 2.75) is 58.9 Å². The molecule has 0 bridgehead atoms. The van der Waals surface area contributed by atoms with E-state index in [1.165, 1.54) is 22.7 Å². The van der Waals surface area contributed by atoms with Crippen LogP contribution >= 0.6 is 22.7 Å². The molecule has 0 unspecified atom stereocenters. The summed E-state index contributed by atoms with van der Waals surface area (Å²) in [5.41, 5.74) is 0.417. The van der Waals surface area contributed by atoms with Gasteiger partial charge in [0.15, 0.2) is 0 Å². The molecule has 31 heavy (non-hydrogen) atoms. The molecule has 0 saturated carbocycles.